The van der Waals surface area contributed by atoms with E-state index in [4.69, 9.17) is 21.1 Å². The molecule has 7 heteroatoms. The zero-order valence-corrected chi connectivity index (χ0v) is 17.0. The molecule has 2 rings (SSSR count). The minimum atomic E-state index is -0.343. The first-order valence-corrected chi connectivity index (χ1v) is 8.91. The third-order valence-corrected chi connectivity index (χ3v) is 4.80. The van der Waals surface area contributed by atoms with E-state index < -0.39 is 0 Å². The molecule has 0 radical (unpaired) electrons. The summed E-state index contributed by atoms with van der Waals surface area (Å²) in [6.45, 7) is 3.66. The van der Waals surface area contributed by atoms with Crippen LogP contribution >= 0.6 is 34.2 Å². The van der Waals surface area contributed by atoms with Crippen molar-refractivity contribution in [3.63, 3.8) is 0 Å². The molecule has 2 aromatic carbocycles. The Bertz CT molecular complexity index is 786. The van der Waals surface area contributed by atoms with E-state index in [1.165, 1.54) is 0 Å². The molecule has 0 aliphatic carbocycles. The molecule has 0 unspecified atom stereocenters. The van der Waals surface area contributed by atoms with Crippen LogP contribution in [0.4, 0.5) is 0 Å². The van der Waals surface area contributed by atoms with Crippen molar-refractivity contribution < 1.29 is 14.3 Å². The highest BCUT2D eigenvalue weighted by Crippen LogP contribution is 2.25. The number of benzene rings is 2. The number of carbonyl (C=O) groups is 1. The number of ether oxygens (including phenoxy) is 2. The topological polar surface area (TPSA) is 59.9 Å². The first-order chi connectivity index (χ1) is 11.9. The highest BCUT2D eigenvalue weighted by atomic mass is 127. The molecule has 0 fully saturated rings. The summed E-state index contributed by atoms with van der Waals surface area (Å²) < 4.78 is 11.6. The van der Waals surface area contributed by atoms with Crippen LogP contribution < -0.4 is 14.9 Å². The van der Waals surface area contributed by atoms with Gasteiger partial charge in [0.05, 0.1) is 16.9 Å². The lowest BCUT2D eigenvalue weighted by Gasteiger charge is -2.09. The summed E-state index contributed by atoms with van der Waals surface area (Å²) in [4.78, 5) is 11.8. The lowest BCUT2D eigenvalue weighted by molar-refractivity contribution is -0.123. The first kappa shape index (κ1) is 19.5. The Labute approximate surface area is 165 Å². The highest BCUT2D eigenvalue weighted by Gasteiger charge is 2.06. The molecular weight excluding hydrogens is 455 g/mol. The number of hydrazone groups is 1. The summed E-state index contributed by atoms with van der Waals surface area (Å²) in [5, 5.41) is 4.63. The van der Waals surface area contributed by atoms with Gasteiger partial charge in [0.1, 0.15) is 11.5 Å². The number of amides is 1. The molecule has 0 heterocycles. The van der Waals surface area contributed by atoms with Crippen molar-refractivity contribution in [3.05, 3.63) is 55.6 Å². The number of nitrogens with one attached hydrogen (secondary N) is 1. The minimum Gasteiger partial charge on any atom is -0.496 e. The number of halogens is 2. The van der Waals surface area contributed by atoms with Crippen LogP contribution in [-0.4, -0.2) is 25.8 Å². The summed E-state index contributed by atoms with van der Waals surface area (Å²) in [5.41, 5.74) is 5.11. The number of nitrogens with zero attached hydrogens (tertiary/aromatic N) is 1. The smallest absolute Gasteiger partial charge is 0.277 e. The predicted octanol–water partition coefficient (Wildman–Crippen LogP) is 4.10. The summed E-state index contributed by atoms with van der Waals surface area (Å²) >= 11 is 8.28. The molecule has 0 aromatic heterocycles. The van der Waals surface area contributed by atoms with Gasteiger partial charge in [-0.2, -0.15) is 5.10 Å². The van der Waals surface area contributed by atoms with Crippen LogP contribution in [-0.2, 0) is 4.79 Å². The molecular formula is C18H18ClIN2O3. The van der Waals surface area contributed by atoms with Crippen LogP contribution in [0, 0.1) is 17.4 Å². The fourth-order valence-electron chi connectivity index (χ4n) is 2.11. The van der Waals surface area contributed by atoms with Gasteiger partial charge in [0.15, 0.2) is 6.61 Å². The van der Waals surface area contributed by atoms with Gasteiger partial charge < -0.3 is 9.47 Å². The van der Waals surface area contributed by atoms with E-state index in [9.17, 15) is 4.79 Å². The van der Waals surface area contributed by atoms with Crippen LogP contribution in [0.1, 0.15) is 16.7 Å². The van der Waals surface area contributed by atoms with E-state index in [-0.39, 0.29) is 12.5 Å². The Hall–Kier alpha value is -1.80. The van der Waals surface area contributed by atoms with Crippen molar-refractivity contribution in [2.45, 2.75) is 13.8 Å². The lowest BCUT2D eigenvalue weighted by Crippen LogP contribution is -2.24. The average Bonchev–Trinajstić information content (AvgIpc) is 2.58. The van der Waals surface area contributed by atoms with Gasteiger partial charge in [-0.05, 0) is 83.5 Å². The molecule has 0 atom stereocenters. The SMILES string of the molecule is COc1ccc(C=NNC(=O)COc2cc(C)c(Cl)c(C)c2)cc1I. The van der Waals surface area contributed by atoms with Gasteiger partial charge in [0, 0.05) is 5.02 Å². The maximum Gasteiger partial charge on any atom is 0.277 e. The van der Waals surface area contributed by atoms with Crippen LogP contribution in [0.3, 0.4) is 0 Å². The predicted molar refractivity (Wildman–Crippen MR) is 108 cm³/mol. The summed E-state index contributed by atoms with van der Waals surface area (Å²) in [5.74, 6) is 1.05. The van der Waals surface area contributed by atoms with Crippen molar-refractivity contribution >= 4 is 46.3 Å². The molecule has 1 N–H and O–H groups in total. The number of rotatable bonds is 6. The van der Waals surface area contributed by atoms with Crippen LogP contribution in [0.15, 0.2) is 35.4 Å². The Kier molecular flexibility index (Phi) is 7.07. The number of methoxy groups -OCH3 is 1. The second-order valence-electron chi connectivity index (χ2n) is 5.35. The molecule has 132 valence electrons. The molecule has 0 saturated heterocycles. The highest BCUT2D eigenvalue weighted by molar-refractivity contribution is 14.1. The normalized spacial score (nSPS) is 10.8. The Morgan fingerprint density at radius 1 is 1.28 bits per heavy atom. The number of hydrogen-bond acceptors (Lipinski definition) is 4. The van der Waals surface area contributed by atoms with Crippen molar-refractivity contribution in [2.75, 3.05) is 13.7 Å². The Morgan fingerprint density at radius 2 is 1.96 bits per heavy atom. The van der Waals surface area contributed by atoms with Crippen molar-refractivity contribution in [1.29, 1.82) is 0 Å². The molecule has 25 heavy (non-hydrogen) atoms. The van der Waals surface area contributed by atoms with Gasteiger partial charge in [0.25, 0.3) is 5.91 Å². The zero-order chi connectivity index (χ0) is 18.4. The van der Waals surface area contributed by atoms with Gasteiger partial charge in [-0.1, -0.05) is 11.6 Å². The molecule has 5 nitrogen and oxygen atoms in total. The number of hydrogen-bond donors (Lipinski definition) is 1. The standard InChI is InChI=1S/C18H18ClIN2O3/c1-11-6-14(7-12(2)18(11)19)25-10-17(23)22-21-9-13-4-5-16(24-3)15(20)8-13/h4-9H,10H2,1-3H3,(H,22,23). The minimum absolute atomic E-state index is 0.127. The molecule has 0 aliphatic rings. The monoisotopic (exact) mass is 472 g/mol. The van der Waals surface area contributed by atoms with E-state index in [1.54, 1.807) is 25.5 Å². The van der Waals surface area contributed by atoms with Gasteiger partial charge >= 0.3 is 0 Å². The molecule has 0 spiro atoms. The lowest BCUT2D eigenvalue weighted by atomic mass is 10.1. The van der Waals surface area contributed by atoms with Crippen molar-refractivity contribution in [1.82, 2.24) is 5.43 Å². The quantitative estimate of drug-likeness (QED) is 0.391. The Morgan fingerprint density at radius 3 is 2.56 bits per heavy atom. The van der Waals surface area contributed by atoms with Crippen LogP contribution in [0.25, 0.3) is 0 Å². The maximum atomic E-state index is 11.8. The first-order valence-electron chi connectivity index (χ1n) is 7.45. The number of carbonyl (C=O) groups excluding carboxylic acids is 1. The second kappa shape index (κ2) is 9.05. The maximum absolute atomic E-state index is 11.8. The molecule has 0 saturated carbocycles. The van der Waals surface area contributed by atoms with Crippen LogP contribution in [0.2, 0.25) is 5.02 Å². The van der Waals surface area contributed by atoms with E-state index in [1.807, 2.05) is 32.0 Å². The molecule has 1 amide bonds. The van der Waals surface area contributed by atoms with Crippen molar-refractivity contribution in [2.24, 2.45) is 5.10 Å². The fraction of sp³-hybridized carbons (Fsp3) is 0.222. The molecule has 0 aliphatic heterocycles. The van der Waals surface area contributed by atoms with E-state index >= 15 is 0 Å². The average molecular weight is 473 g/mol. The van der Waals surface area contributed by atoms with Crippen LogP contribution in [0.5, 0.6) is 11.5 Å². The second-order valence-corrected chi connectivity index (χ2v) is 6.89. The largest absolute Gasteiger partial charge is 0.496 e. The van der Waals surface area contributed by atoms with E-state index in [0.29, 0.717) is 10.8 Å². The van der Waals surface area contributed by atoms with E-state index in [0.717, 1.165) is 26.0 Å². The third kappa shape index (κ3) is 5.61. The van der Waals surface area contributed by atoms with Gasteiger partial charge in [0.2, 0.25) is 0 Å². The summed E-state index contributed by atoms with van der Waals surface area (Å²) in [6, 6.07) is 9.20. The zero-order valence-electron chi connectivity index (χ0n) is 14.1. The molecule has 0 bridgehead atoms. The van der Waals surface area contributed by atoms with Gasteiger partial charge in [-0.15, -0.1) is 0 Å². The molecule has 2 aromatic rings. The fourth-order valence-corrected chi connectivity index (χ4v) is 2.98. The van der Waals surface area contributed by atoms with Gasteiger partial charge in [-0.3, -0.25) is 4.79 Å². The van der Waals surface area contributed by atoms with Gasteiger partial charge in [-0.25, -0.2) is 5.43 Å². The third-order valence-electron chi connectivity index (χ3n) is 3.36. The van der Waals surface area contributed by atoms with Crippen molar-refractivity contribution in [3.8, 4) is 11.5 Å². The Balaban J connectivity index is 1.87. The number of aryl methyl sites for hydroxylation is 2. The summed E-state index contributed by atoms with van der Waals surface area (Å²) in [6.07, 6.45) is 1.57. The summed E-state index contributed by atoms with van der Waals surface area (Å²) in [7, 11) is 1.62. The van der Waals surface area contributed by atoms with E-state index in [2.05, 4.69) is 33.1 Å².